The third-order valence-corrected chi connectivity index (χ3v) is 2.22. The molecule has 0 aliphatic rings. The predicted molar refractivity (Wildman–Crippen MR) is 63.9 cm³/mol. The quantitative estimate of drug-likeness (QED) is 0.802. The number of rotatable bonds is 3. The van der Waals surface area contributed by atoms with Crippen LogP contribution in [0.2, 0.25) is 0 Å². The van der Waals surface area contributed by atoms with Gasteiger partial charge in [-0.1, -0.05) is 20.8 Å². The maximum Gasteiger partial charge on any atom is 0.310 e. The smallest absolute Gasteiger partial charge is 0.310 e. The maximum absolute atomic E-state index is 11.7. The standard InChI is InChI=1S/C12H18N2O3/c1-5-17-9(15)6-8-7-13-11(12(2,3)4)14-10(8)16/h7H,5-6H2,1-4H3,(H,13,14,16). The third-order valence-electron chi connectivity index (χ3n) is 2.22. The van der Waals surface area contributed by atoms with E-state index in [1.54, 1.807) is 6.92 Å². The van der Waals surface area contributed by atoms with Crippen LogP contribution in [-0.4, -0.2) is 22.5 Å². The molecule has 1 aromatic heterocycles. The summed E-state index contributed by atoms with van der Waals surface area (Å²) in [6.07, 6.45) is 1.40. The molecule has 0 bridgehead atoms. The summed E-state index contributed by atoms with van der Waals surface area (Å²) >= 11 is 0. The van der Waals surface area contributed by atoms with Gasteiger partial charge >= 0.3 is 5.97 Å². The molecular formula is C12H18N2O3. The van der Waals surface area contributed by atoms with E-state index in [2.05, 4.69) is 9.97 Å². The number of carbonyl (C=O) groups is 1. The summed E-state index contributed by atoms with van der Waals surface area (Å²) in [5.74, 6) is 0.193. The lowest BCUT2D eigenvalue weighted by atomic mass is 9.95. The highest BCUT2D eigenvalue weighted by Gasteiger charge is 2.18. The monoisotopic (exact) mass is 238 g/mol. The number of hydrogen-bond donors (Lipinski definition) is 1. The number of carbonyl (C=O) groups excluding carboxylic acids is 1. The van der Waals surface area contributed by atoms with Crippen LogP contribution in [0.4, 0.5) is 0 Å². The molecule has 1 aromatic rings. The first-order chi connectivity index (χ1) is 7.84. The second-order valence-electron chi connectivity index (χ2n) is 4.82. The largest absolute Gasteiger partial charge is 0.466 e. The summed E-state index contributed by atoms with van der Waals surface area (Å²) in [5.41, 5.74) is -0.170. The van der Waals surface area contributed by atoms with E-state index >= 15 is 0 Å². The van der Waals surface area contributed by atoms with Gasteiger partial charge in [0.1, 0.15) is 5.82 Å². The van der Waals surface area contributed by atoms with Crippen LogP contribution in [0.3, 0.4) is 0 Å². The number of nitrogens with one attached hydrogen (secondary N) is 1. The van der Waals surface area contributed by atoms with E-state index in [1.165, 1.54) is 6.20 Å². The molecule has 0 aliphatic carbocycles. The molecule has 94 valence electrons. The number of nitrogens with zero attached hydrogens (tertiary/aromatic N) is 1. The first-order valence-electron chi connectivity index (χ1n) is 5.59. The molecule has 0 spiro atoms. The molecular weight excluding hydrogens is 220 g/mol. The molecule has 1 N–H and O–H groups in total. The topological polar surface area (TPSA) is 72.0 Å². The van der Waals surface area contributed by atoms with Crippen LogP contribution in [0.5, 0.6) is 0 Å². The molecule has 0 atom stereocenters. The maximum atomic E-state index is 11.7. The minimum Gasteiger partial charge on any atom is -0.466 e. The second-order valence-corrected chi connectivity index (χ2v) is 4.82. The van der Waals surface area contributed by atoms with Crippen molar-refractivity contribution in [1.29, 1.82) is 0 Å². The number of hydrogen-bond acceptors (Lipinski definition) is 4. The van der Waals surface area contributed by atoms with Crippen molar-refractivity contribution in [2.75, 3.05) is 6.61 Å². The van der Waals surface area contributed by atoms with Crippen molar-refractivity contribution in [2.45, 2.75) is 39.5 Å². The van der Waals surface area contributed by atoms with Crippen LogP contribution in [-0.2, 0) is 21.4 Å². The Morgan fingerprint density at radius 2 is 2.12 bits per heavy atom. The highest BCUT2D eigenvalue weighted by atomic mass is 16.5. The minimum atomic E-state index is -0.414. The Kier molecular flexibility index (Phi) is 4.04. The SMILES string of the molecule is CCOC(=O)Cc1cnc(C(C)(C)C)[nH]c1=O. The molecule has 17 heavy (non-hydrogen) atoms. The zero-order chi connectivity index (χ0) is 13.1. The van der Waals surface area contributed by atoms with E-state index in [0.29, 0.717) is 18.0 Å². The van der Waals surface area contributed by atoms with Gasteiger partial charge in [-0.2, -0.15) is 0 Å². The van der Waals surface area contributed by atoms with Crippen molar-refractivity contribution in [2.24, 2.45) is 0 Å². The van der Waals surface area contributed by atoms with Crippen LogP contribution >= 0.6 is 0 Å². The van der Waals surface area contributed by atoms with Gasteiger partial charge in [-0.25, -0.2) is 4.98 Å². The Balaban J connectivity index is 2.91. The first-order valence-corrected chi connectivity index (χ1v) is 5.59. The normalized spacial score (nSPS) is 11.3. The first kappa shape index (κ1) is 13.4. The van der Waals surface area contributed by atoms with Gasteiger partial charge in [0.25, 0.3) is 5.56 Å². The van der Waals surface area contributed by atoms with Crippen molar-refractivity contribution < 1.29 is 9.53 Å². The Morgan fingerprint density at radius 1 is 1.47 bits per heavy atom. The highest BCUT2D eigenvalue weighted by molar-refractivity contribution is 5.72. The summed E-state index contributed by atoms with van der Waals surface area (Å²) in [6, 6.07) is 0. The molecule has 0 aromatic carbocycles. The summed E-state index contributed by atoms with van der Waals surface area (Å²) in [4.78, 5) is 29.8. The lowest BCUT2D eigenvalue weighted by Crippen LogP contribution is -2.25. The molecule has 1 heterocycles. The number of ether oxygens (including phenoxy) is 1. The fourth-order valence-corrected chi connectivity index (χ4v) is 1.30. The summed E-state index contributed by atoms with van der Waals surface area (Å²) in [7, 11) is 0. The number of aromatic amines is 1. The van der Waals surface area contributed by atoms with Gasteiger partial charge in [0.15, 0.2) is 0 Å². The van der Waals surface area contributed by atoms with Gasteiger partial charge in [-0.15, -0.1) is 0 Å². The summed E-state index contributed by atoms with van der Waals surface area (Å²) in [6.45, 7) is 7.90. The molecule has 1 rings (SSSR count). The lowest BCUT2D eigenvalue weighted by Gasteiger charge is -2.16. The minimum absolute atomic E-state index is 0.0411. The van der Waals surface area contributed by atoms with Gasteiger partial charge in [-0.05, 0) is 6.92 Å². The van der Waals surface area contributed by atoms with Gasteiger partial charge < -0.3 is 9.72 Å². The predicted octanol–water partition coefficient (Wildman–Crippen LogP) is 1.17. The van der Waals surface area contributed by atoms with Gasteiger partial charge in [0, 0.05) is 17.2 Å². The molecule has 0 radical (unpaired) electrons. The third kappa shape index (κ3) is 3.69. The number of esters is 1. The Morgan fingerprint density at radius 3 is 2.59 bits per heavy atom. The lowest BCUT2D eigenvalue weighted by molar-refractivity contribution is -0.142. The Bertz CT molecular complexity index is 458. The van der Waals surface area contributed by atoms with Crippen LogP contribution in [0.1, 0.15) is 39.1 Å². The highest BCUT2D eigenvalue weighted by Crippen LogP contribution is 2.15. The molecule has 0 fully saturated rings. The van der Waals surface area contributed by atoms with E-state index in [9.17, 15) is 9.59 Å². The fraction of sp³-hybridized carbons (Fsp3) is 0.583. The average molecular weight is 238 g/mol. The Labute approximate surface area is 100 Å². The molecule has 5 heteroatoms. The molecule has 0 saturated heterocycles. The van der Waals surface area contributed by atoms with Crippen molar-refractivity contribution in [3.63, 3.8) is 0 Å². The summed E-state index contributed by atoms with van der Waals surface area (Å²) in [5, 5.41) is 0. The molecule has 0 aliphatic heterocycles. The van der Waals surface area contributed by atoms with Crippen LogP contribution in [0.15, 0.2) is 11.0 Å². The average Bonchev–Trinajstić information content (AvgIpc) is 2.20. The van der Waals surface area contributed by atoms with E-state index in [-0.39, 0.29) is 17.4 Å². The van der Waals surface area contributed by atoms with Crippen LogP contribution < -0.4 is 5.56 Å². The number of aromatic nitrogens is 2. The molecule has 5 nitrogen and oxygen atoms in total. The number of H-pyrrole nitrogens is 1. The summed E-state index contributed by atoms with van der Waals surface area (Å²) < 4.78 is 4.78. The van der Waals surface area contributed by atoms with Crippen molar-refractivity contribution >= 4 is 5.97 Å². The van der Waals surface area contributed by atoms with Crippen molar-refractivity contribution in [3.8, 4) is 0 Å². The van der Waals surface area contributed by atoms with Gasteiger partial charge in [-0.3, -0.25) is 9.59 Å². The van der Waals surface area contributed by atoms with E-state index < -0.39 is 5.97 Å². The molecule has 0 amide bonds. The van der Waals surface area contributed by atoms with Crippen molar-refractivity contribution in [1.82, 2.24) is 9.97 Å². The van der Waals surface area contributed by atoms with Crippen LogP contribution in [0.25, 0.3) is 0 Å². The van der Waals surface area contributed by atoms with E-state index in [1.807, 2.05) is 20.8 Å². The molecule has 0 saturated carbocycles. The zero-order valence-electron chi connectivity index (χ0n) is 10.7. The molecule has 0 unspecified atom stereocenters. The van der Waals surface area contributed by atoms with E-state index in [4.69, 9.17) is 4.74 Å². The fourth-order valence-electron chi connectivity index (χ4n) is 1.30. The van der Waals surface area contributed by atoms with Crippen molar-refractivity contribution in [3.05, 3.63) is 27.9 Å². The second kappa shape index (κ2) is 5.12. The van der Waals surface area contributed by atoms with Crippen LogP contribution in [0, 0.1) is 0 Å². The van der Waals surface area contributed by atoms with Gasteiger partial charge in [0.05, 0.1) is 13.0 Å². The van der Waals surface area contributed by atoms with Gasteiger partial charge in [0.2, 0.25) is 0 Å². The van der Waals surface area contributed by atoms with E-state index in [0.717, 1.165) is 0 Å². The Hall–Kier alpha value is -1.65. The zero-order valence-corrected chi connectivity index (χ0v) is 10.7.